The van der Waals surface area contributed by atoms with Crippen molar-refractivity contribution < 1.29 is 38.9 Å². The number of pyridine rings is 1. The van der Waals surface area contributed by atoms with Crippen LogP contribution in [-0.2, 0) is 24.7 Å². The average molecular weight is 538 g/mol. The maximum atomic E-state index is 12.9. The molecular weight excluding hydrogens is 519 g/mol. The fourth-order valence-electron chi connectivity index (χ4n) is 3.52. The summed E-state index contributed by atoms with van der Waals surface area (Å²) in [5, 5.41) is 0. The van der Waals surface area contributed by atoms with Gasteiger partial charge >= 0.3 is 15.6 Å². The third kappa shape index (κ3) is 4.56. The summed E-state index contributed by atoms with van der Waals surface area (Å²) in [5.74, 6) is -0.547. The summed E-state index contributed by atoms with van der Waals surface area (Å²) < 4.78 is 101. The molecule has 0 unspecified atom stereocenters. The van der Waals surface area contributed by atoms with Crippen molar-refractivity contribution in [1.82, 2.24) is 9.36 Å². The van der Waals surface area contributed by atoms with Crippen LogP contribution in [-0.4, -0.2) is 63.8 Å². The first-order chi connectivity index (χ1) is 15.8. The molecule has 0 bridgehead atoms. The summed E-state index contributed by atoms with van der Waals surface area (Å²) in [6.45, 7) is 2.99. The van der Waals surface area contributed by atoms with Crippen molar-refractivity contribution in [2.24, 2.45) is 0 Å². The van der Waals surface area contributed by atoms with Crippen LogP contribution >= 0.6 is 11.5 Å². The van der Waals surface area contributed by atoms with E-state index in [-0.39, 0.29) is 32.5 Å². The third-order valence-corrected chi connectivity index (χ3v) is 8.04. The lowest BCUT2D eigenvalue weighted by atomic mass is 10.1. The molecule has 1 aromatic carbocycles. The molecule has 1 aliphatic rings. The van der Waals surface area contributed by atoms with Crippen LogP contribution in [0.1, 0.15) is 6.92 Å². The van der Waals surface area contributed by atoms with Crippen LogP contribution in [0.3, 0.4) is 0 Å². The molecule has 34 heavy (non-hydrogen) atoms. The van der Waals surface area contributed by atoms with E-state index in [9.17, 15) is 30.0 Å². The number of fused-ring (bicyclic) bond motifs is 1. The van der Waals surface area contributed by atoms with Crippen LogP contribution in [0.15, 0.2) is 35.2 Å². The van der Waals surface area contributed by atoms with E-state index < -0.39 is 31.3 Å². The molecule has 2 aromatic heterocycles. The standard InChI is InChI=1S/C19H18F3N3O6S3/c1-11-10-30-8-7-25(11)15-9-13(12-5-3-4-6-14(12)33(2,26)27)17-16(23-15)18(24-32-17)31-34(28,29)19(20,21)22/h3-6,9,11H,7-8,10H2,1-2H3/t11-/m1/s1. The van der Waals surface area contributed by atoms with E-state index in [1.165, 1.54) is 6.07 Å². The smallest absolute Gasteiger partial charge is 0.377 e. The van der Waals surface area contributed by atoms with Gasteiger partial charge in [-0.15, -0.1) is 0 Å². The maximum Gasteiger partial charge on any atom is 0.534 e. The van der Waals surface area contributed by atoms with Crippen molar-refractivity contribution in [1.29, 1.82) is 0 Å². The summed E-state index contributed by atoms with van der Waals surface area (Å²) >= 11 is 0.655. The quantitative estimate of drug-likeness (QED) is 0.357. The van der Waals surface area contributed by atoms with E-state index in [4.69, 9.17) is 4.74 Å². The topological polar surface area (TPSA) is 116 Å². The molecule has 3 heterocycles. The fourth-order valence-corrected chi connectivity index (χ4v) is 5.67. The molecule has 0 N–H and O–H groups in total. The second-order valence-corrected chi connectivity index (χ2v) is 11.9. The van der Waals surface area contributed by atoms with Crippen molar-refractivity contribution in [2.45, 2.75) is 23.4 Å². The molecule has 0 aliphatic carbocycles. The van der Waals surface area contributed by atoms with Gasteiger partial charge in [-0.05, 0) is 30.6 Å². The Kier molecular flexibility index (Phi) is 6.25. The number of aromatic nitrogens is 2. The van der Waals surface area contributed by atoms with Crippen LogP contribution in [0, 0.1) is 0 Å². The van der Waals surface area contributed by atoms with Gasteiger partial charge in [0.1, 0.15) is 11.3 Å². The van der Waals surface area contributed by atoms with E-state index >= 15 is 0 Å². The minimum atomic E-state index is -5.99. The molecule has 1 aliphatic heterocycles. The summed E-state index contributed by atoms with van der Waals surface area (Å²) in [4.78, 5) is 6.18. The van der Waals surface area contributed by atoms with Gasteiger partial charge < -0.3 is 13.8 Å². The molecule has 1 atom stereocenters. The molecule has 0 radical (unpaired) electrons. The van der Waals surface area contributed by atoms with E-state index in [1.807, 2.05) is 11.8 Å². The molecule has 15 heteroatoms. The number of hydrogen-bond donors (Lipinski definition) is 0. The van der Waals surface area contributed by atoms with E-state index in [0.29, 0.717) is 36.9 Å². The average Bonchev–Trinajstić information content (AvgIpc) is 3.14. The molecule has 1 fully saturated rings. The Bertz CT molecular complexity index is 1450. The van der Waals surface area contributed by atoms with Crippen LogP contribution in [0.25, 0.3) is 21.3 Å². The Morgan fingerprint density at radius 2 is 1.88 bits per heavy atom. The number of sulfone groups is 1. The molecule has 0 saturated carbocycles. The SMILES string of the molecule is C[C@@H]1COCCN1c1cc(-c2ccccc2S(C)(=O)=O)c2snc(OS(=O)(=O)C(F)(F)F)c2n1. The van der Waals surface area contributed by atoms with Crippen LogP contribution in [0.5, 0.6) is 5.88 Å². The first-order valence-corrected chi connectivity index (χ1v) is 13.8. The Labute approximate surface area is 197 Å². The molecule has 184 valence electrons. The molecule has 3 aromatic rings. The van der Waals surface area contributed by atoms with Gasteiger partial charge in [0, 0.05) is 23.9 Å². The van der Waals surface area contributed by atoms with Gasteiger partial charge in [0.05, 0.1) is 28.9 Å². The van der Waals surface area contributed by atoms with E-state index in [0.717, 1.165) is 6.26 Å². The van der Waals surface area contributed by atoms with Gasteiger partial charge in [-0.2, -0.15) is 26.0 Å². The molecule has 9 nitrogen and oxygen atoms in total. The first-order valence-electron chi connectivity index (χ1n) is 9.74. The Balaban J connectivity index is 1.99. The second kappa shape index (κ2) is 8.62. The Morgan fingerprint density at radius 1 is 1.18 bits per heavy atom. The van der Waals surface area contributed by atoms with Gasteiger partial charge in [0.2, 0.25) is 0 Å². The Hall–Kier alpha value is -2.49. The van der Waals surface area contributed by atoms with Crippen molar-refractivity contribution in [3.63, 3.8) is 0 Å². The predicted molar refractivity (Wildman–Crippen MR) is 119 cm³/mol. The number of morpholine rings is 1. The number of halogens is 3. The molecular formula is C19H18F3N3O6S3. The summed E-state index contributed by atoms with van der Waals surface area (Å²) in [5.41, 5.74) is -5.30. The highest BCUT2D eigenvalue weighted by molar-refractivity contribution is 7.90. The zero-order valence-electron chi connectivity index (χ0n) is 17.7. The number of anilines is 1. The fraction of sp³-hybridized carbons (Fsp3) is 0.368. The number of ether oxygens (including phenoxy) is 1. The lowest BCUT2D eigenvalue weighted by Crippen LogP contribution is -2.44. The second-order valence-electron chi connectivity index (χ2n) is 7.56. The van der Waals surface area contributed by atoms with Gasteiger partial charge in [-0.25, -0.2) is 13.4 Å². The highest BCUT2D eigenvalue weighted by atomic mass is 32.2. The monoisotopic (exact) mass is 537 g/mol. The van der Waals surface area contributed by atoms with Crippen LogP contribution in [0.2, 0.25) is 0 Å². The van der Waals surface area contributed by atoms with Crippen molar-refractivity contribution in [3.05, 3.63) is 30.3 Å². The maximum absolute atomic E-state index is 12.9. The highest BCUT2D eigenvalue weighted by Gasteiger charge is 2.49. The molecule has 4 rings (SSSR count). The summed E-state index contributed by atoms with van der Waals surface area (Å²) in [7, 11) is -9.68. The normalized spacial score (nSPS) is 17.8. The minimum absolute atomic E-state index is 0.0118. The first kappa shape index (κ1) is 24.6. The minimum Gasteiger partial charge on any atom is -0.377 e. The number of rotatable bonds is 5. The summed E-state index contributed by atoms with van der Waals surface area (Å²) in [6, 6.07) is 7.55. The van der Waals surface area contributed by atoms with Gasteiger partial charge in [0.25, 0.3) is 5.88 Å². The summed E-state index contributed by atoms with van der Waals surface area (Å²) in [6.07, 6.45) is 1.03. The number of benzene rings is 1. The van der Waals surface area contributed by atoms with Crippen molar-refractivity contribution >= 4 is 47.5 Å². The zero-order valence-corrected chi connectivity index (χ0v) is 20.2. The molecule has 0 amide bonds. The lowest BCUT2D eigenvalue weighted by Gasteiger charge is -2.34. The van der Waals surface area contributed by atoms with Crippen molar-refractivity contribution in [3.8, 4) is 17.0 Å². The lowest BCUT2D eigenvalue weighted by molar-refractivity contribution is -0.0500. The van der Waals surface area contributed by atoms with Gasteiger partial charge in [-0.3, -0.25) is 0 Å². The van der Waals surface area contributed by atoms with Crippen molar-refractivity contribution in [2.75, 3.05) is 30.9 Å². The third-order valence-electron chi connectivity index (χ3n) is 5.09. The highest BCUT2D eigenvalue weighted by Crippen LogP contribution is 2.41. The number of alkyl halides is 3. The number of nitrogens with zero attached hydrogens (tertiary/aromatic N) is 3. The largest absolute Gasteiger partial charge is 0.534 e. The molecule has 1 saturated heterocycles. The van der Waals surface area contributed by atoms with Gasteiger partial charge in [-0.1, -0.05) is 18.2 Å². The zero-order chi connectivity index (χ0) is 24.9. The van der Waals surface area contributed by atoms with E-state index in [1.54, 1.807) is 24.3 Å². The Morgan fingerprint density at radius 3 is 2.53 bits per heavy atom. The predicted octanol–water partition coefficient (Wildman–Crippen LogP) is 3.22. The number of hydrogen-bond acceptors (Lipinski definition) is 10. The van der Waals surface area contributed by atoms with Gasteiger partial charge in [0.15, 0.2) is 9.84 Å². The van der Waals surface area contributed by atoms with Crippen LogP contribution < -0.4 is 9.08 Å². The van der Waals surface area contributed by atoms with E-state index in [2.05, 4.69) is 13.5 Å². The molecule has 0 spiro atoms. The van der Waals surface area contributed by atoms with Crippen LogP contribution in [0.4, 0.5) is 19.0 Å².